The van der Waals surface area contributed by atoms with Crippen LogP contribution in [0.3, 0.4) is 0 Å². The molecule has 3 aromatic rings. The second-order valence-corrected chi connectivity index (χ2v) is 18.2. The lowest BCUT2D eigenvalue weighted by molar-refractivity contribution is -0.140. The number of rotatable bonds is 13. The number of aromatic nitrogens is 1. The van der Waals surface area contributed by atoms with Gasteiger partial charge in [-0.3, -0.25) is 14.4 Å². The van der Waals surface area contributed by atoms with Crippen molar-refractivity contribution in [2.75, 3.05) is 34.1 Å². The Morgan fingerprint density at radius 1 is 1.15 bits per heavy atom. The van der Waals surface area contributed by atoms with Crippen LogP contribution >= 0.6 is 0 Å². The van der Waals surface area contributed by atoms with Crippen LogP contribution in [-0.4, -0.2) is 80.8 Å². The third-order valence-electron chi connectivity index (χ3n) is 8.07. The number of ether oxygens (including phenoxy) is 3. The Kier molecular flexibility index (Phi) is 9.18. The third-order valence-corrected chi connectivity index (χ3v) is 9.77. The molecule has 0 bridgehead atoms. The molecular weight excluding hydrogens is 622 g/mol. The summed E-state index contributed by atoms with van der Waals surface area (Å²) in [7, 11) is 1.09. The number of halogens is 2. The number of fused-ring (bicyclic) bond motifs is 2. The van der Waals surface area contributed by atoms with Crippen LogP contribution in [0.15, 0.2) is 28.7 Å². The molecule has 1 aromatic carbocycles. The third kappa shape index (κ3) is 6.33. The molecule has 12 nitrogen and oxygen atoms in total. The number of nitrogens with one attached hydrogen (secondary N) is 1. The number of esters is 1. The van der Waals surface area contributed by atoms with E-state index in [1.807, 2.05) is 0 Å². The number of hydrogen-bond donors (Lipinski definition) is 1. The fourth-order valence-electron chi connectivity index (χ4n) is 5.47. The number of carbonyl (C=O) groups is 4. The van der Waals surface area contributed by atoms with Crippen LogP contribution in [0.1, 0.15) is 40.2 Å². The van der Waals surface area contributed by atoms with Crippen molar-refractivity contribution in [2.45, 2.75) is 57.0 Å². The number of urea groups is 1. The number of methoxy groups -OCH3 is 2. The quantitative estimate of drug-likeness (QED) is 0.123. The van der Waals surface area contributed by atoms with E-state index in [0.29, 0.717) is 12.2 Å². The average Bonchev–Trinajstić information content (AvgIpc) is 3.63. The maximum atomic E-state index is 15.1. The standard InChI is InChI=1S/C31H36F2N4O8Si/c1-42-22-10-9-18-15-36(28(39)26(18)27(22)33)16-31(29(40)37(30(41)35-31)17-44-11-12-46(3,4)5)24-14-21-23(45-24)13-19(32)20(34-21)7-6-8-25(38)43-2/h9-10,13-14H,6-8,11-12,15-17H2,1-5H3,(H,35,41)/t31-/m0/s1. The van der Waals surface area contributed by atoms with Crippen LogP contribution in [0.2, 0.25) is 25.7 Å². The highest BCUT2D eigenvalue weighted by atomic mass is 28.3. The van der Waals surface area contributed by atoms with Gasteiger partial charge in [-0.05, 0) is 30.5 Å². The van der Waals surface area contributed by atoms with Gasteiger partial charge in [0.2, 0.25) is 0 Å². The Bertz CT molecular complexity index is 1710. The second kappa shape index (κ2) is 12.8. The molecule has 1 saturated heterocycles. The van der Waals surface area contributed by atoms with Crippen molar-refractivity contribution in [2.24, 2.45) is 0 Å². The summed E-state index contributed by atoms with van der Waals surface area (Å²) in [6.45, 7) is 6.03. The number of imide groups is 1. The second-order valence-electron chi connectivity index (χ2n) is 12.5. The van der Waals surface area contributed by atoms with Crippen LogP contribution in [0.5, 0.6) is 5.75 Å². The van der Waals surface area contributed by atoms with Gasteiger partial charge in [0.15, 0.2) is 22.7 Å². The molecule has 1 atom stereocenters. The molecule has 0 spiro atoms. The highest BCUT2D eigenvalue weighted by Gasteiger charge is 2.57. The zero-order chi connectivity index (χ0) is 33.4. The molecule has 46 heavy (non-hydrogen) atoms. The normalized spacial score (nSPS) is 18.0. The summed E-state index contributed by atoms with van der Waals surface area (Å²) in [5.74, 6) is -3.61. The number of pyridine rings is 1. The maximum Gasteiger partial charge on any atom is 0.327 e. The molecule has 4 amide bonds. The Morgan fingerprint density at radius 3 is 2.61 bits per heavy atom. The molecule has 246 valence electrons. The molecule has 0 unspecified atom stereocenters. The van der Waals surface area contributed by atoms with Gasteiger partial charge in [0.05, 0.1) is 32.0 Å². The highest BCUT2D eigenvalue weighted by Crippen LogP contribution is 2.38. The van der Waals surface area contributed by atoms with E-state index < -0.39 is 55.6 Å². The van der Waals surface area contributed by atoms with Crippen molar-refractivity contribution in [3.8, 4) is 5.75 Å². The van der Waals surface area contributed by atoms with Crippen molar-refractivity contribution < 1.29 is 46.6 Å². The molecule has 15 heteroatoms. The van der Waals surface area contributed by atoms with Gasteiger partial charge in [-0.25, -0.2) is 23.5 Å². The molecule has 0 radical (unpaired) electrons. The van der Waals surface area contributed by atoms with Crippen molar-refractivity contribution >= 4 is 43.0 Å². The van der Waals surface area contributed by atoms with Gasteiger partial charge in [0, 0.05) is 39.8 Å². The first kappa shape index (κ1) is 33.0. The average molecular weight is 659 g/mol. The molecule has 0 aliphatic carbocycles. The summed E-state index contributed by atoms with van der Waals surface area (Å²) in [5, 5.41) is 2.68. The largest absolute Gasteiger partial charge is 0.494 e. The minimum Gasteiger partial charge on any atom is -0.494 e. The molecule has 5 rings (SSSR count). The van der Waals surface area contributed by atoms with Crippen LogP contribution < -0.4 is 10.1 Å². The molecule has 1 fully saturated rings. The van der Waals surface area contributed by atoms with Gasteiger partial charge in [-0.1, -0.05) is 25.7 Å². The zero-order valence-electron chi connectivity index (χ0n) is 26.3. The number of carbonyl (C=O) groups excluding carboxylic acids is 4. The summed E-state index contributed by atoms with van der Waals surface area (Å²) in [4.78, 5) is 58.9. The fraction of sp³-hybridized carbons (Fsp3) is 0.452. The number of nitrogens with zero attached hydrogens (tertiary/aromatic N) is 3. The first-order chi connectivity index (χ1) is 21.8. The molecule has 1 N–H and O–H groups in total. The highest BCUT2D eigenvalue weighted by molar-refractivity contribution is 6.76. The fourth-order valence-corrected chi connectivity index (χ4v) is 6.22. The van der Waals surface area contributed by atoms with E-state index in [1.165, 1.54) is 31.3 Å². The van der Waals surface area contributed by atoms with Gasteiger partial charge >= 0.3 is 12.0 Å². The Labute approximate surface area is 265 Å². The number of hydrogen-bond acceptors (Lipinski definition) is 9. The molecular formula is C31H36F2N4O8Si. The van der Waals surface area contributed by atoms with Crippen molar-refractivity contribution in [3.63, 3.8) is 0 Å². The van der Waals surface area contributed by atoms with Crippen LogP contribution in [0.4, 0.5) is 13.6 Å². The predicted molar refractivity (Wildman–Crippen MR) is 163 cm³/mol. The number of furan rings is 1. The minimum absolute atomic E-state index is 0.00212. The number of amides is 4. The lowest BCUT2D eigenvalue weighted by atomic mass is 9.95. The van der Waals surface area contributed by atoms with Gasteiger partial charge in [0.1, 0.15) is 23.8 Å². The monoisotopic (exact) mass is 658 g/mol. The number of aryl methyl sites for hydroxylation is 1. The lowest BCUT2D eigenvalue weighted by Gasteiger charge is -2.29. The predicted octanol–water partition coefficient (Wildman–Crippen LogP) is 4.33. The minimum atomic E-state index is -1.96. The van der Waals surface area contributed by atoms with Crippen LogP contribution in [0, 0.1) is 11.6 Å². The Balaban J connectivity index is 1.49. The summed E-state index contributed by atoms with van der Waals surface area (Å²) in [6.07, 6.45) is 0.498. The van der Waals surface area contributed by atoms with E-state index in [2.05, 4.69) is 34.7 Å². The first-order valence-corrected chi connectivity index (χ1v) is 18.5. The summed E-state index contributed by atoms with van der Waals surface area (Å²) < 4.78 is 51.5. The van der Waals surface area contributed by atoms with Gasteiger partial charge in [-0.15, -0.1) is 0 Å². The van der Waals surface area contributed by atoms with Gasteiger partial charge in [-0.2, -0.15) is 0 Å². The van der Waals surface area contributed by atoms with Crippen molar-refractivity contribution in [1.29, 1.82) is 0 Å². The Hall–Kier alpha value is -4.37. The van der Waals surface area contributed by atoms with E-state index in [-0.39, 0.29) is 66.4 Å². The van der Waals surface area contributed by atoms with E-state index in [0.717, 1.165) is 17.0 Å². The maximum absolute atomic E-state index is 15.1. The van der Waals surface area contributed by atoms with E-state index in [4.69, 9.17) is 13.9 Å². The van der Waals surface area contributed by atoms with E-state index in [1.54, 1.807) is 6.07 Å². The molecule has 0 saturated carbocycles. The van der Waals surface area contributed by atoms with E-state index in [9.17, 15) is 23.6 Å². The van der Waals surface area contributed by atoms with Gasteiger partial charge in [0.25, 0.3) is 11.8 Å². The van der Waals surface area contributed by atoms with E-state index >= 15 is 4.39 Å². The molecule has 2 aliphatic heterocycles. The summed E-state index contributed by atoms with van der Waals surface area (Å²) >= 11 is 0. The van der Waals surface area contributed by atoms with Crippen molar-refractivity contribution in [3.05, 3.63) is 58.5 Å². The smallest absolute Gasteiger partial charge is 0.327 e. The van der Waals surface area contributed by atoms with Crippen LogP contribution in [0.25, 0.3) is 11.1 Å². The number of benzene rings is 1. The SMILES string of the molecule is COC(=O)CCCc1nc2cc([C@]3(CN4Cc5ccc(OC)c(F)c5C4=O)NC(=O)N(COCC[Si](C)(C)C)C3=O)oc2cc1F. The topological polar surface area (TPSA) is 141 Å². The van der Waals surface area contributed by atoms with Crippen molar-refractivity contribution in [1.82, 2.24) is 20.1 Å². The summed E-state index contributed by atoms with van der Waals surface area (Å²) in [6, 6.07) is 5.52. The Morgan fingerprint density at radius 2 is 1.91 bits per heavy atom. The molecule has 4 heterocycles. The zero-order valence-corrected chi connectivity index (χ0v) is 27.3. The molecule has 2 aliphatic rings. The van der Waals surface area contributed by atoms with Gasteiger partial charge < -0.3 is 28.8 Å². The first-order valence-electron chi connectivity index (χ1n) is 14.8. The lowest BCUT2D eigenvalue weighted by Crippen LogP contribution is -2.52. The molecule has 2 aromatic heterocycles. The summed E-state index contributed by atoms with van der Waals surface area (Å²) in [5.41, 5.74) is -1.49. The van der Waals surface area contributed by atoms with Crippen LogP contribution in [-0.2, 0) is 37.6 Å².